The Morgan fingerprint density at radius 2 is 1.61 bits per heavy atom. The Labute approximate surface area is 107 Å². The van der Waals surface area contributed by atoms with Crippen molar-refractivity contribution in [3.63, 3.8) is 0 Å². The van der Waals surface area contributed by atoms with E-state index >= 15 is 0 Å². The summed E-state index contributed by atoms with van der Waals surface area (Å²) in [6.07, 6.45) is 4.44. The van der Waals surface area contributed by atoms with Crippen LogP contribution in [0.25, 0.3) is 0 Å². The van der Waals surface area contributed by atoms with E-state index in [0.717, 1.165) is 24.8 Å². The Hall–Kier alpha value is -1.84. The Kier molecular flexibility index (Phi) is 6.54. The maximum Gasteiger partial charge on any atom is 0.303 e. The molecular weight excluding hydrogens is 230 g/mol. The van der Waals surface area contributed by atoms with Crippen LogP contribution < -0.4 is 0 Å². The molecule has 0 atom stereocenters. The van der Waals surface area contributed by atoms with Gasteiger partial charge in [0.1, 0.15) is 0 Å². The molecule has 0 aliphatic heterocycles. The number of hydrogen-bond donors (Lipinski definition) is 2. The summed E-state index contributed by atoms with van der Waals surface area (Å²) in [6.45, 7) is 0. The molecule has 0 fully saturated rings. The average molecular weight is 249 g/mol. The average Bonchev–Trinajstić information content (AvgIpc) is 2.38. The van der Waals surface area contributed by atoms with E-state index in [1.54, 1.807) is 0 Å². The van der Waals surface area contributed by atoms with Gasteiger partial charge in [-0.3, -0.25) is 4.79 Å². The van der Waals surface area contributed by atoms with Crippen molar-refractivity contribution in [2.75, 3.05) is 0 Å². The second kappa shape index (κ2) is 8.28. The molecule has 4 nitrogen and oxygen atoms in total. The van der Waals surface area contributed by atoms with Gasteiger partial charge in [0.25, 0.3) is 0 Å². The van der Waals surface area contributed by atoms with Gasteiger partial charge < -0.3 is 10.3 Å². The molecule has 2 N–H and O–H groups in total. The molecule has 1 rings (SSSR count). The minimum atomic E-state index is -0.739. The van der Waals surface area contributed by atoms with Crippen LogP contribution in [0.1, 0.15) is 44.1 Å². The van der Waals surface area contributed by atoms with Gasteiger partial charge in [0, 0.05) is 6.42 Å². The van der Waals surface area contributed by atoms with Crippen molar-refractivity contribution in [1.82, 2.24) is 0 Å². The van der Waals surface area contributed by atoms with E-state index in [0.29, 0.717) is 18.6 Å². The summed E-state index contributed by atoms with van der Waals surface area (Å²) in [4.78, 5) is 10.3. The van der Waals surface area contributed by atoms with Gasteiger partial charge in [-0.2, -0.15) is 0 Å². The van der Waals surface area contributed by atoms with Crippen LogP contribution in [0.2, 0.25) is 0 Å². The summed E-state index contributed by atoms with van der Waals surface area (Å²) >= 11 is 0. The monoisotopic (exact) mass is 249 g/mol. The molecule has 0 aliphatic carbocycles. The predicted octanol–water partition coefficient (Wildman–Crippen LogP) is 3.29. The molecule has 0 amide bonds. The molecule has 0 bridgehead atoms. The lowest BCUT2D eigenvalue weighted by atomic mass is 10.0. The number of benzene rings is 1. The largest absolute Gasteiger partial charge is 0.481 e. The fourth-order valence-corrected chi connectivity index (χ4v) is 1.80. The van der Waals surface area contributed by atoms with E-state index in [1.165, 1.54) is 0 Å². The summed E-state index contributed by atoms with van der Waals surface area (Å²) in [5.41, 5.74) is 1.62. The number of carboxylic acid groups (broad SMARTS) is 1. The summed E-state index contributed by atoms with van der Waals surface area (Å²) in [5, 5.41) is 20.8. The van der Waals surface area contributed by atoms with Gasteiger partial charge in [-0.1, -0.05) is 48.3 Å². The molecular formula is C14H19NO3. The standard InChI is InChI=1S/C14H19NO3/c16-14(17)11-7-2-1-6-10-13(15-18)12-8-4-3-5-9-12/h3-5,8-9,18H,1-2,6-7,10-11H2,(H,16,17)/b15-13-. The van der Waals surface area contributed by atoms with Crippen molar-refractivity contribution in [2.45, 2.75) is 38.5 Å². The van der Waals surface area contributed by atoms with Crippen LogP contribution in [0.3, 0.4) is 0 Å². The maximum atomic E-state index is 10.3. The third-order valence-electron chi connectivity index (χ3n) is 2.78. The van der Waals surface area contributed by atoms with Gasteiger partial charge in [-0.05, 0) is 24.8 Å². The fraction of sp³-hybridized carbons (Fsp3) is 0.429. The fourth-order valence-electron chi connectivity index (χ4n) is 1.80. The van der Waals surface area contributed by atoms with Crippen LogP contribution >= 0.6 is 0 Å². The molecule has 4 heteroatoms. The molecule has 0 aliphatic rings. The highest BCUT2D eigenvalue weighted by atomic mass is 16.4. The number of carbonyl (C=O) groups is 1. The van der Waals surface area contributed by atoms with E-state index in [2.05, 4.69) is 5.16 Å². The highest BCUT2D eigenvalue weighted by Gasteiger charge is 2.03. The van der Waals surface area contributed by atoms with Crippen molar-refractivity contribution in [1.29, 1.82) is 0 Å². The van der Waals surface area contributed by atoms with Gasteiger partial charge in [-0.25, -0.2) is 0 Å². The third-order valence-corrected chi connectivity index (χ3v) is 2.78. The van der Waals surface area contributed by atoms with Crippen LogP contribution in [0.5, 0.6) is 0 Å². The second-order valence-corrected chi connectivity index (χ2v) is 4.22. The van der Waals surface area contributed by atoms with Crippen LogP contribution in [-0.4, -0.2) is 22.0 Å². The summed E-state index contributed by atoms with van der Waals surface area (Å²) in [7, 11) is 0. The molecule has 98 valence electrons. The first kappa shape index (κ1) is 14.2. The molecule has 1 aromatic rings. The quantitative estimate of drug-likeness (QED) is 0.321. The molecule has 0 unspecified atom stereocenters. The number of carboxylic acids is 1. The maximum absolute atomic E-state index is 10.3. The van der Waals surface area contributed by atoms with Crippen molar-refractivity contribution < 1.29 is 15.1 Å². The molecule has 0 spiro atoms. The summed E-state index contributed by atoms with van der Waals surface area (Å²) < 4.78 is 0. The minimum absolute atomic E-state index is 0.236. The number of rotatable bonds is 8. The van der Waals surface area contributed by atoms with Gasteiger partial charge in [-0.15, -0.1) is 0 Å². The highest BCUT2D eigenvalue weighted by molar-refractivity contribution is 6.00. The van der Waals surface area contributed by atoms with Crippen molar-refractivity contribution >= 4 is 11.7 Å². The van der Waals surface area contributed by atoms with Crippen LogP contribution in [0.15, 0.2) is 35.5 Å². The van der Waals surface area contributed by atoms with Crippen molar-refractivity contribution in [2.24, 2.45) is 5.16 Å². The zero-order valence-electron chi connectivity index (χ0n) is 10.4. The molecule has 18 heavy (non-hydrogen) atoms. The zero-order chi connectivity index (χ0) is 13.2. The first-order chi connectivity index (χ1) is 8.74. The summed E-state index contributed by atoms with van der Waals surface area (Å²) in [6, 6.07) is 9.57. The van der Waals surface area contributed by atoms with Crippen LogP contribution in [0, 0.1) is 0 Å². The van der Waals surface area contributed by atoms with Gasteiger partial charge >= 0.3 is 5.97 Å². The van der Waals surface area contributed by atoms with Crippen molar-refractivity contribution in [3.05, 3.63) is 35.9 Å². The van der Waals surface area contributed by atoms with E-state index in [4.69, 9.17) is 10.3 Å². The number of oxime groups is 1. The Balaban J connectivity index is 2.23. The van der Waals surface area contributed by atoms with E-state index in [1.807, 2.05) is 30.3 Å². The molecule has 0 heterocycles. The first-order valence-corrected chi connectivity index (χ1v) is 6.22. The smallest absolute Gasteiger partial charge is 0.303 e. The summed E-state index contributed by atoms with van der Waals surface area (Å²) in [5.74, 6) is -0.739. The molecule has 0 aromatic heterocycles. The topological polar surface area (TPSA) is 69.9 Å². The molecule has 0 saturated heterocycles. The van der Waals surface area contributed by atoms with E-state index in [9.17, 15) is 4.79 Å². The lowest BCUT2D eigenvalue weighted by Crippen LogP contribution is -2.01. The third kappa shape index (κ3) is 5.48. The number of unbranched alkanes of at least 4 members (excludes halogenated alkanes) is 3. The Bertz CT molecular complexity index is 387. The van der Waals surface area contributed by atoms with E-state index < -0.39 is 5.97 Å². The first-order valence-electron chi connectivity index (χ1n) is 6.22. The van der Waals surface area contributed by atoms with E-state index in [-0.39, 0.29) is 6.42 Å². The minimum Gasteiger partial charge on any atom is -0.481 e. The molecule has 0 saturated carbocycles. The zero-order valence-corrected chi connectivity index (χ0v) is 10.4. The number of nitrogens with zero attached hydrogens (tertiary/aromatic N) is 1. The second-order valence-electron chi connectivity index (χ2n) is 4.22. The molecule has 1 aromatic carbocycles. The Morgan fingerprint density at radius 3 is 2.17 bits per heavy atom. The SMILES string of the molecule is O=C(O)CCCCCC/C(=N/O)c1ccccc1. The number of hydrogen-bond acceptors (Lipinski definition) is 3. The number of aliphatic carboxylic acids is 1. The normalized spacial score (nSPS) is 11.4. The Morgan fingerprint density at radius 1 is 1.00 bits per heavy atom. The van der Waals surface area contributed by atoms with Crippen LogP contribution in [0.4, 0.5) is 0 Å². The van der Waals surface area contributed by atoms with Crippen molar-refractivity contribution in [3.8, 4) is 0 Å². The van der Waals surface area contributed by atoms with Gasteiger partial charge in [0.2, 0.25) is 0 Å². The predicted molar refractivity (Wildman–Crippen MR) is 70.1 cm³/mol. The van der Waals surface area contributed by atoms with Gasteiger partial charge in [0.15, 0.2) is 0 Å². The molecule has 0 radical (unpaired) electrons. The van der Waals surface area contributed by atoms with Crippen LogP contribution in [-0.2, 0) is 4.79 Å². The lowest BCUT2D eigenvalue weighted by molar-refractivity contribution is -0.137. The lowest BCUT2D eigenvalue weighted by Gasteiger charge is -2.04. The van der Waals surface area contributed by atoms with Gasteiger partial charge in [0.05, 0.1) is 5.71 Å². The highest BCUT2D eigenvalue weighted by Crippen LogP contribution is 2.10.